The van der Waals surface area contributed by atoms with Gasteiger partial charge in [-0.05, 0) is 17.7 Å². The lowest BCUT2D eigenvalue weighted by molar-refractivity contribution is -0.129. The van der Waals surface area contributed by atoms with Crippen molar-refractivity contribution < 1.29 is 10.0 Å². The van der Waals surface area contributed by atoms with E-state index < -0.39 is 0 Å². The van der Waals surface area contributed by atoms with Crippen LogP contribution in [0, 0.1) is 5.92 Å². The molecule has 1 unspecified atom stereocenters. The molecule has 0 heterocycles. The van der Waals surface area contributed by atoms with E-state index in [2.05, 4.69) is 21.1 Å². The van der Waals surface area contributed by atoms with Gasteiger partial charge in [-0.15, -0.1) is 0 Å². The molecule has 1 aromatic rings. The van der Waals surface area contributed by atoms with Crippen molar-refractivity contribution in [2.75, 3.05) is 13.6 Å². The Bertz CT molecular complexity index is 477. The van der Waals surface area contributed by atoms with Gasteiger partial charge in [-0.1, -0.05) is 40.1 Å². The molecule has 5 nitrogen and oxygen atoms in total. The maximum absolute atomic E-state index is 12.0. The van der Waals surface area contributed by atoms with E-state index >= 15 is 0 Å². The number of oxime groups is 1. The smallest absolute Gasteiger partial charge is 0.226 e. The molecule has 0 saturated heterocycles. The topological polar surface area (TPSA) is 78.9 Å². The summed E-state index contributed by atoms with van der Waals surface area (Å²) in [7, 11) is 1.71. The predicted molar refractivity (Wildman–Crippen MR) is 78.1 cm³/mol. The second-order valence-corrected chi connectivity index (χ2v) is 5.42. The molecule has 104 valence electrons. The number of halogens is 1. The Morgan fingerprint density at radius 2 is 2.26 bits per heavy atom. The van der Waals surface area contributed by atoms with Crippen LogP contribution in [0.1, 0.15) is 12.5 Å². The zero-order chi connectivity index (χ0) is 14.4. The van der Waals surface area contributed by atoms with E-state index in [4.69, 9.17) is 10.9 Å². The Labute approximate surface area is 121 Å². The summed E-state index contributed by atoms with van der Waals surface area (Å²) in [6.45, 7) is 2.22. The largest absolute Gasteiger partial charge is 0.409 e. The maximum atomic E-state index is 12.0. The summed E-state index contributed by atoms with van der Waals surface area (Å²) >= 11 is 3.37. The number of hydrogen-bond donors (Lipinski definition) is 2. The van der Waals surface area contributed by atoms with Crippen LogP contribution in [0.4, 0.5) is 0 Å². The molecule has 3 N–H and O–H groups in total. The first-order valence-electron chi connectivity index (χ1n) is 5.90. The number of amides is 1. The van der Waals surface area contributed by atoms with Crippen molar-refractivity contribution >= 4 is 27.7 Å². The summed E-state index contributed by atoms with van der Waals surface area (Å²) in [6, 6.07) is 7.63. The van der Waals surface area contributed by atoms with Crippen molar-refractivity contribution in [3.8, 4) is 0 Å². The third-order valence-corrected chi connectivity index (χ3v) is 3.33. The van der Waals surface area contributed by atoms with Crippen LogP contribution in [-0.4, -0.2) is 35.4 Å². The highest BCUT2D eigenvalue weighted by Gasteiger charge is 2.15. The summed E-state index contributed by atoms with van der Waals surface area (Å²) in [5.74, 6) is -0.0562. The molecule has 0 aromatic heterocycles. The van der Waals surface area contributed by atoms with Gasteiger partial charge in [-0.2, -0.15) is 0 Å². The Balaban J connectivity index is 2.58. The second kappa shape index (κ2) is 7.13. The molecule has 6 heteroatoms. The van der Waals surface area contributed by atoms with Gasteiger partial charge in [0.05, 0.1) is 6.42 Å². The number of nitrogens with zero attached hydrogens (tertiary/aromatic N) is 2. The summed E-state index contributed by atoms with van der Waals surface area (Å²) < 4.78 is 0.950. The fourth-order valence-corrected chi connectivity index (χ4v) is 2.11. The van der Waals surface area contributed by atoms with Crippen molar-refractivity contribution in [1.82, 2.24) is 4.90 Å². The molecule has 0 aliphatic rings. The van der Waals surface area contributed by atoms with Gasteiger partial charge in [0.15, 0.2) is 0 Å². The molecule has 1 rings (SSSR count). The lowest BCUT2D eigenvalue weighted by atomic mass is 10.1. The summed E-state index contributed by atoms with van der Waals surface area (Å²) in [6.07, 6.45) is 0.332. The number of rotatable bonds is 5. The fraction of sp³-hybridized carbons (Fsp3) is 0.385. The number of carbonyl (C=O) groups excluding carboxylic acids is 1. The Hall–Kier alpha value is -1.56. The molecule has 19 heavy (non-hydrogen) atoms. The minimum absolute atomic E-state index is 0.00399. The van der Waals surface area contributed by atoms with E-state index in [-0.39, 0.29) is 17.7 Å². The van der Waals surface area contributed by atoms with E-state index in [9.17, 15) is 4.79 Å². The van der Waals surface area contributed by atoms with Gasteiger partial charge in [0.1, 0.15) is 5.84 Å². The van der Waals surface area contributed by atoms with Gasteiger partial charge in [-0.25, -0.2) is 0 Å². The van der Waals surface area contributed by atoms with Crippen LogP contribution in [0.15, 0.2) is 33.9 Å². The van der Waals surface area contributed by atoms with Crippen LogP contribution < -0.4 is 5.73 Å². The van der Waals surface area contributed by atoms with E-state index in [1.54, 1.807) is 18.9 Å². The first-order valence-corrected chi connectivity index (χ1v) is 6.69. The highest BCUT2D eigenvalue weighted by Crippen LogP contribution is 2.13. The highest BCUT2D eigenvalue weighted by atomic mass is 79.9. The Morgan fingerprint density at radius 1 is 1.58 bits per heavy atom. The fourth-order valence-electron chi connectivity index (χ4n) is 1.66. The van der Waals surface area contributed by atoms with Crippen molar-refractivity contribution in [1.29, 1.82) is 0 Å². The van der Waals surface area contributed by atoms with Gasteiger partial charge >= 0.3 is 0 Å². The average Bonchev–Trinajstić information content (AvgIpc) is 2.37. The number of nitrogens with two attached hydrogens (primary N) is 1. The van der Waals surface area contributed by atoms with Crippen LogP contribution in [0.5, 0.6) is 0 Å². The molecule has 0 bridgehead atoms. The quantitative estimate of drug-likeness (QED) is 0.375. The summed E-state index contributed by atoms with van der Waals surface area (Å²) in [5.41, 5.74) is 6.44. The molecule has 0 spiro atoms. The predicted octanol–water partition coefficient (Wildman–Crippen LogP) is 1.83. The summed E-state index contributed by atoms with van der Waals surface area (Å²) in [5, 5.41) is 11.5. The standard InChI is InChI=1S/C13H18BrN3O2/c1-9(13(15)16-19)8-17(2)12(18)7-10-4-3-5-11(14)6-10/h3-6,9,19H,7-8H2,1-2H3,(H2,15,16). The van der Waals surface area contributed by atoms with Crippen LogP contribution in [0.25, 0.3) is 0 Å². The minimum atomic E-state index is -0.179. The third-order valence-electron chi connectivity index (χ3n) is 2.84. The van der Waals surface area contributed by atoms with Gasteiger partial charge in [0, 0.05) is 24.0 Å². The Morgan fingerprint density at radius 3 is 2.84 bits per heavy atom. The van der Waals surface area contributed by atoms with Gasteiger partial charge in [0.2, 0.25) is 5.91 Å². The van der Waals surface area contributed by atoms with Gasteiger partial charge < -0.3 is 15.8 Å². The van der Waals surface area contributed by atoms with Crippen LogP contribution >= 0.6 is 15.9 Å². The summed E-state index contributed by atoms with van der Waals surface area (Å²) in [4.78, 5) is 13.6. The molecule has 1 atom stereocenters. The van der Waals surface area contributed by atoms with E-state index in [1.807, 2.05) is 24.3 Å². The molecule has 0 aliphatic carbocycles. The highest BCUT2D eigenvalue weighted by molar-refractivity contribution is 9.10. The lowest BCUT2D eigenvalue weighted by Gasteiger charge is -2.21. The SMILES string of the molecule is CC(CN(C)C(=O)Cc1cccc(Br)c1)C(N)=NO. The van der Waals surface area contributed by atoms with Crippen molar-refractivity contribution in [2.24, 2.45) is 16.8 Å². The van der Waals surface area contributed by atoms with E-state index in [1.165, 1.54) is 0 Å². The van der Waals surface area contributed by atoms with Crippen molar-refractivity contribution in [2.45, 2.75) is 13.3 Å². The molecule has 1 amide bonds. The molecule has 0 aliphatic heterocycles. The first-order chi connectivity index (χ1) is 8.93. The van der Waals surface area contributed by atoms with Crippen LogP contribution in [-0.2, 0) is 11.2 Å². The monoisotopic (exact) mass is 327 g/mol. The minimum Gasteiger partial charge on any atom is -0.409 e. The molecule has 0 fully saturated rings. The van der Waals surface area contributed by atoms with Crippen molar-refractivity contribution in [3.63, 3.8) is 0 Å². The zero-order valence-electron chi connectivity index (χ0n) is 11.0. The first kappa shape index (κ1) is 15.5. The lowest BCUT2D eigenvalue weighted by Crippen LogP contribution is -2.37. The normalized spacial score (nSPS) is 13.1. The van der Waals surface area contributed by atoms with Crippen LogP contribution in [0.2, 0.25) is 0 Å². The molecular formula is C13H18BrN3O2. The number of benzene rings is 1. The van der Waals surface area contributed by atoms with E-state index in [0.29, 0.717) is 13.0 Å². The van der Waals surface area contributed by atoms with Gasteiger partial charge in [-0.3, -0.25) is 4.79 Å². The van der Waals surface area contributed by atoms with Gasteiger partial charge in [0.25, 0.3) is 0 Å². The average molecular weight is 328 g/mol. The number of carbonyl (C=O) groups is 1. The van der Waals surface area contributed by atoms with Crippen LogP contribution in [0.3, 0.4) is 0 Å². The number of amidine groups is 1. The number of likely N-dealkylation sites (N-methyl/N-ethyl adjacent to an activating group) is 1. The Kier molecular flexibility index (Phi) is 5.82. The number of hydrogen-bond acceptors (Lipinski definition) is 3. The molecule has 0 saturated carbocycles. The molecular weight excluding hydrogens is 310 g/mol. The second-order valence-electron chi connectivity index (χ2n) is 4.51. The van der Waals surface area contributed by atoms with E-state index in [0.717, 1.165) is 10.0 Å². The zero-order valence-corrected chi connectivity index (χ0v) is 12.6. The molecule has 1 aromatic carbocycles. The molecule has 0 radical (unpaired) electrons. The third kappa shape index (κ3) is 4.90. The maximum Gasteiger partial charge on any atom is 0.226 e. The van der Waals surface area contributed by atoms with Crippen molar-refractivity contribution in [3.05, 3.63) is 34.3 Å².